The minimum atomic E-state index is -2.55. The van der Waals surface area contributed by atoms with E-state index in [2.05, 4.69) is 43.5 Å². The zero-order chi connectivity index (χ0) is 20.2. The normalized spacial score (nSPS) is 18.8. The average Bonchev–Trinajstić information content (AvgIpc) is 3.00. The van der Waals surface area contributed by atoms with Gasteiger partial charge in [0, 0.05) is 19.8 Å². The first-order chi connectivity index (χ1) is 13.2. The highest BCUT2D eigenvalue weighted by atomic mass is 19.3. The van der Waals surface area contributed by atoms with Gasteiger partial charge in [-0.25, -0.2) is 13.3 Å². The smallest absolute Gasteiger partial charge is 0.226 e. The summed E-state index contributed by atoms with van der Waals surface area (Å²) in [4.78, 5) is 4.96. The van der Waals surface area contributed by atoms with E-state index in [9.17, 15) is 8.78 Å². The number of fused-ring (bicyclic) bond motifs is 1. The molecule has 3 aromatic rings. The van der Waals surface area contributed by atoms with Crippen LogP contribution in [-0.4, -0.2) is 10.9 Å². The Morgan fingerprint density at radius 2 is 1.86 bits per heavy atom. The molecule has 0 aliphatic heterocycles. The molecule has 1 atom stereocenters. The summed E-state index contributed by atoms with van der Waals surface area (Å²) in [6.45, 7) is 8.35. The van der Waals surface area contributed by atoms with E-state index < -0.39 is 5.92 Å². The fourth-order valence-corrected chi connectivity index (χ4v) is 4.70. The largest absolute Gasteiger partial charge is 0.331 e. The van der Waals surface area contributed by atoms with E-state index in [0.717, 1.165) is 33.5 Å². The Morgan fingerprint density at radius 1 is 1.11 bits per heavy atom. The van der Waals surface area contributed by atoms with Crippen LogP contribution in [0.25, 0.3) is 22.3 Å². The average molecular weight is 381 g/mol. The number of hydrogen-bond acceptors (Lipinski definition) is 1. The molecule has 2 aromatic carbocycles. The molecule has 4 heteroatoms. The van der Waals surface area contributed by atoms with Gasteiger partial charge >= 0.3 is 5.82 Å². The second-order valence-corrected chi connectivity index (χ2v) is 8.37. The van der Waals surface area contributed by atoms with Crippen molar-refractivity contribution in [2.75, 3.05) is 0 Å². The highest BCUT2D eigenvalue weighted by Gasteiger charge is 2.41. The predicted molar refractivity (Wildman–Crippen MR) is 109 cm³/mol. The number of halogens is 2. The Labute approximate surface area is 165 Å². The zero-order valence-corrected chi connectivity index (χ0v) is 17.2. The third kappa shape index (κ3) is 3.09. The lowest BCUT2D eigenvalue weighted by Crippen LogP contribution is -2.34. The van der Waals surface area contributed by atoms with Crippen LogP contribution in [0.4, 0.5) is 8.78 Å². The highest BCUT2D eigenvalue weighted by Crippen LogP contribution is 2.46. The van der Waals surface area contributed by atoms with Gasteiger partial charge in [0.05, 0.1) is 18.0 Å². The van der Waals surface area contributed by atoms with Gasteiger partial charge in [-0.3, -0.25) is 0 Å². The number of hydrogen-bond donors (Lipinski definition) is 0. The van der Waals surface area contributed by atoms with Gasteiger partial charge in [0.2, 0.25) is 5.92 Å². The van der Waals surface area contributed by atoms with E-state index >= 15 is 0 Å². The fourth-order valence-electron chi connectivity index (χ4n) is 4.70. The number of aromatic nitrogens is 2. The van der Waals surface area contributed by atoms with Crippen molar-refractivity contribution in [3.8, 4) is 11.4 Å². The lowest BCUT2D eigenvalue weighted by atomic mass is 9.92. The van der Waals surface area contributed by atoms with Gasteiger partial charge in [-0.05, 0) is 72.5 Å². The Bertz CT molecular complexity index is 1090. The summed E-state index contributed by atoms with van der Waals surface area (Å²) in [5.41, 5.74) is 7.78. The number of alkyl halides is 2. The van der Waals surface area contributed by atoms with Gasteiger partial charge in [0.1, 0.15) is 5.52 Å². The van der Waals surface area contributed by atoms with Crippen molar-refractivity contribution in [3.05, 3.63) is 58.3 Å². The first-order valence-electron chi connectivity index (χ1n) is 9.93. The summed E-state index contributed by atoms with van der Waals surface area (Å²) in [6.07, 6.45) is 0.451. The Kier molecular flexibility index (Phi) is 4.48. The van der Waals surface area contributed by atoms with Crippen molar-refractivity contribution >= 4 is 10.9 Å². The lowest BCUT2D eigenvalue weighted by molar-refractivity contribution is -0.636. The van der Waals surface area contributed by atoms with E-state index in [1.54, 1.807) is 0 Å². The molecular formula is C24H27F2N2+. The molecule has 1 aromatic heterocycles. The summed E-state index contributed by atoms with van der Waals surface area (Å²) in [7, 11) is 2.02. The maximum absolute atomic E-state index is 13.8. The van der Waals surface area contributed by atoms with E-state index in [1.165, 1.54) is 16.7 Å². The number of aryl methyl sites for hydroxylation is 4. The van der Waals surface area contributed by atoms with E-state index in [-0.39, 0.29) is 18.8 Å². The van der Waals surface area contributed by atoms with Crippen LogP contribution in [-0.2, 0) is 7.05 Å². The summed E-state index contributed by atoms with van der Waals surface area (Å²) >= 11 is 0. The summed E-state index contributed by atoms with van der Waals surface area (Å²) in [6, 6.07) is 10.4. The van der Waals surface area contributed by atoms with Gasteiger partial charge in [-0.15, -0.1) is 0 Å². The third-order valence-electron chi connectivity index (χ3n) is 6.29. The van der Waals surface area contributed by atoms with Crippen LogP contribution in [0.15, 0.2) is 30.3 Å². The summed E-state index contributed by atoms with van der Waals surface area (Å²) < 4.78 is 29.8. The number of benzene rings is 2. The Hall–Kier alpha value is -2.36. The van der Waals surface area contributed by atoms with Gasteiger partial charge in [0.25, 0.3) is 0 Å². The molecule has 1 aliphatic rings. The van der Waals surface area contributed by atoms with Gasteiger partial charge in [-0.1, -0.05) is 18.2 Å². The topological polar surface area (TPSA) is 16.8 Å². The molecule has 0 amide bonds. The Balaban J connectivity index is 1.94. The van der Waals surface area contributed by atoms with Crippen molar-refractivity contribution in [2.24, 2.45) is 7.05 Å². The molecule has 0 spiro atoms. The Morgan fingerprint density at radius 3 is 2.54 bits per heavy atom. The molecular weight excluding hydrogens is 354 g/mol. The SMILES string of the molecule is Cc1cc(C)c(C)c(-c2nc(C)c3c(C4CCC(F)(F)C4)cccc3[n+]2C)c1. The molecule has 0 saturated heterocycles. The maximum Gasteiger partial charge on any atom is 0.331 e. The van der Waals surface area contributed by atoms with Crippen molar-refractivity contribution in [3.63, 3.8) is 0 Å². The molecule has 0 N–H and O–H groups in total. The van der Waals surface area contributed by atoms with Crippen LogP contribution >= 0.6 is 0 Å². The quantitative estimate of drug-likeness (QED) is 0.508. The van der Waals surface area contributed by atoms with Crippen molar-refractivity contribution in [2.45, 2.75) is 58.8 Å². The van der Waals surface area contributed by atoms with Crippen molar-refractivity contribution < 1.29 is 13.3 Å². The minimum absolute atomic E-state index is 0.0213. The molecule has 1 saturated carbocycles. The lowest BCUT2D eigenvalue weighted by Gasteiger charge is -2.15. The van der Waals surface area contributed by atoms with Gasteiger partial charge in [-0.2, -0.15) is 0 Å². The summed E-state index contributed by atoms with van der Waals surface area (Å²) in [5.74, 6) is -1.73. The van der Waals surface area contributed by atoms with Crippen LogP contribution in [0, 0.1) is 27.7 Å². The number of rotatable bonds is 2. The molecule has 1 fully saturated rings. The first-order valence-corrected chi connectivity index (χ1v) is 9.93. The predicted octanol–water partition coefficient (Wildman–Crippen LogP) is 5.86. The standard InChI is InChI=1S/C24H27F2N2/c1-14-11-15(2)16(3)20(12-14)23-27-17(4)22-19(7-6-8-21(22)28(23)5)18-9-10-24(25,26)13-18/h6-8,11-12,18H,9-10,13H2,1-5H3/q+1. The molecule has 0 bridgehead atoms. The first kappa shape index (κ1) is 19.0. The maximum atomic E-state index is 13.8. The van der Waals surface area contributed by atoms with Crippen molar-refractivity contribution in [1.29, 1.82) is 0 Å². The van der Waals surface area contributed by atoms with Crippen LogP contribution in [0.1, 0.15) is 53.1 Å². The molecule has 28 heavy (non-hydrogen) atoms. The van der Waals surface area contributed by atoms with Crippen LogP contribution < -0.4 is 4.57 Å². The molecule has 1 aliphatic carbocycles. The highest BCUT2D eigenvalue weighted by molar-refractivity contribution is 5.83. The third-order valence-corrected chi connectivity index (χ3v) is 6.29. The number of nitrogens with zero attached hydrogens (tertiary/aromatic N) is 2. The minimum Gasteiger partial charge on any atom is -0.226 e. The summed E-state index contributed by atoms with van der Waals surface area (Å²) in [5, 5.41) is 1.03. The molecule has 0 radical (unpaired) electrons. The second-order valence-electron chi connectivity index (χ2n) is 8.37. The molecule has 1 heterocycles. The molecule has 4 rings (SSSR count). The molecule has 146 valence electrons. The molecule has 1 unspecified atom stereocenters. The monoisotopic (exact) mass is 381 g/mol. The zero-order valence-electron chi connectivity index (χ0n) is 17.2. The van der Waals surface area contributed by atoms with E-state index in [1.807, 2.05) is 26.1 Å². The van der Waals surface area contributed by atoms with Gasteiger partial charge in [0.15, 0.2) is 5.69 Å². The van der Waals surface area contributed by atoms with Crippen LogP contribution in [0.2, 0.25) is 0 Å². The van der Waals surface area contributed by atoms with Crippen molar-refractivity contribution in [1.82, 2.24) is 4.98 Å². The van der Waals surface area contributed by atoms with Crippen LogP contribution in [0.3, 0.4) is 0 Å². The van der Waals surface area contributed by atoms with Gasteiger partial charge < -0.3 is 0 Å². The van der Waals surface area contributed by atoms with Crippen LogP contribution in [0.5, 0.6) is 0 Å². The fraction of sp³-hybridized carbons (Fsp3) is 0.417. The second kappa shape index (κ2) is 6.61. The van der Waals surface area contributed by atoms with E-state index in [4.69, 9.17) is 4.98 Å². The van der Waals surface area contributed by atoms with E-state index in [0.29, 0.717) is 6.42 Å². The molecule has 2 nitrogen and oxygen atoms in total.